The van der Waals surface area contributed by atoms with Gasteiger partial charge in [0.15, 0.2) is 6.10 Å². The second-order valence-electron chi connectivity index (χ2n) is 6.47. The number of hydrogen-bond donors (Lipinski definition) is 0. The fraction of sp³-hybridized carbons (Fsp3) is 0.333. The van der Waals surface area contributed by atoms with E-state index in [1.807, 2.05) is 24.3 Å². The zero-order valence-corrected chi connectivity index (χ0v) is 15.9. The molecule has 1 aliphatic rings. The fourth-order valence-corrected chi connectivity index (χ4v) is 3.12. The number of amides is 1. The molecule has 1 atom stereocenters. The summed E-state index contributed by atoms with van der Waals surface area (Å²) in [7, 11) is 3.06. The van der Waals surface area contributed by atoms with Gasteiger partial charge in [-0.2, -0.15) is 0 Å². The van der Waals surface area contributed by atoms with E-state index in [1.54, 1.807) is 25.3 Å². The molecule has 0 fully saturated rings. The van der Waals surface area contributed by atoms with Crippen LogP contribution in [0.4, 0.5) is 4.39 Å². The smallest absolute Gasteiger partial charge is 0.248 e. The second kappa shape index (κ2) is 9.32. The van der Waals surface area contributed by atoms with Crippen LogP contribution in [0.1, 0.15) is 17.5 Å². The summed E-state index contributed by atoms with van der Waals surface area (Å²) < 4.78 is 24.4. The number of carbonyl (C=O) groups is 1. The zero-order valence-electron chi connectivity index (χ0n) is 15.9. The van der Waals surface area contributed by atoms with Crippen molar-refractivity contribution < 1.29 is 23.5 Å². The first-order valence-corrected chi connectivity index (χ1v) is 8.98. The molecule has 2 aromatic rings. The molecule has 6 nitrogen and oxygen atoms in total. The summed E-state index contributed by atoms with van der Waals surface area (Å²) in [5.74, 6) is 0.125. The van der Waals surface area contributed by atoms with Crippen molar-refractivity contribution in [1.82, 2.24) is 4.90 Å². The highest BCUT2D eigenvalue weighted by Crippen LogP contribution is 2.25. The van der Waals surface area contributed by atoms with Crippen molar-refractivity contribution in [2.45, 2.75) is 19.1 Å². The number of oxime groups is 1. The Bertz CT molecular complexity index is 856. The summed E-state index contributed by atoms with van der Waals surface area (Å²) in [6, 6.07) is 14.0. The van der Waals surface area contributed by atoms with Gasteiger partial charge in [0.2, 0.25) is 5.91 Å². The molecule has 0 radical (unpaired) electrons. The summed E-state index contributed by atoms with van der Waals surface area (Å²) in [6.07, 6.45) is 0.196. The first-order valence-electron chi connectivity index (χ1n) is 8.98. The molecule has 0 saturated heterocycles. The van der Waals surface area contributed by atoms with Gasteiger partial charge in [-0.25, -0.2) is 4.39 Å². The lowest BCUT2D eigenvalue weighted by Crippen LogP contribution is -2.39. The first-order chi connectivity index (χ1) is 13.6. The topological polar surface area (TPSA) is 60.4 Å². The lowest BCUT2D eigenvalue weighted by atomic mass is 10.0. The Kier molecular flexibility index (Phi) is 6.60. The van der Waals surface area contributed by atoms with Gasteiger partial charge in [0.25, 0.3) is 0 Å². The standard InChI is InChI=1S/C21H23FN2O4/c1-26-14-21(25)24(12-15-7-3-5-9-18(15)22)13-16-11-19(23-28-16)17-8-4-6-10-20(17)27-2/h3-10,16H,11-14H2,1-2H3. The number of rotatable bonds is 8. The van der Waals surface area contributed by atoms with Crippen LogP contribution in [0.25, 0.3) is 0 Å². The average Bonchev–Trinajstić information content (AvgIpc) is 3.17. The van der Waals surface area contributed by atoms with Crippen LogP contribution < -0.4 is 4.74 Å². The van der Waals surface area contributed by atoms with E-state index in [4.69, 9.17) is 14.3 Å². The maximum absolute atomic E-state index is 14.0. The number of hydrogen-bond acceptors (Lipinski definition) is 5. The van der Waals surface area contributed by atoms with Gasteiger partial charge >= 0.3 is 0 Å². The van der Waals surface area contributed by atoms with E-state index in [2.05, 4.69) is 5.16 Å². The lowest BCUT2D eigenvalue weighted by molar-refractivity contribution is -0.137. The summed E-state index contributed by atoms with van der Waals surface area (Å²) in [5.41, 5.74) is 2.06. The van der Waals surface area contributed by atoms with Crippen LogP contribution in [0.5, 0.6) is 5.75 Å². The molecule has 1 heterocycles. The van der Waals surface area contributed by atoms with Gasteiger partial charge in [0.1, 0.15) is 18.2 Å². The Labute approximate surface area is 163 Å². The van der Waals surface area contributed by atoms with E-state index in [-0.39, 0.29) is 37.5 Å². The normalized spacial score (nSPS) is 15.7. The van der Waals surface area contributed by atoms with E-state index < -0.39 is 0 Å². The van der Waals surface area contributed by atoms with Crippen molar-refractivity contribution in [3.63, 3.8) is 0 Å². The molecular formula is C21H23FN2O4. The molecule has 1 unspecified atom stereocenters. The molecule has 28 heavy (non-hydrogen) atoms. The quantitative estimate of drug-likeness (QED) is 0.700. The zero-order chi connectivity index (χ0) is 19.9. The molecule has 1 amide bonds. The number of benzene rings is 2. The van der Waals surface area contributed by atoms with Crippen LogP contribution in [0.3, 0.4) is 0 Å². The SMILES string of the molecule is COCC(=O)N(Cc1ccccc1F)CC1CC(c2ccccc2OC)=NO1. The molecule has 1 aliphatic heterocycles. The third-order valence-electron chi connectivity index (χ3n) is 4.51. The minimum atomic E-state index is -0.351. The number of methoxy groups -OCH3 is 2. The predicted molar refractivity (Wildman–Crippen MR) is 103 cm³/mol. The van der Waals surface area contributed by atoms with Gasteiger partial charge in [0.05, 0.1) is 19.4 Å². The van der Waals surface area contributed by atoms with Gasteiger partial charge in [0, 0.05) is 31.2 Å². The lowest BCUT2D eigenvalue weighted by Gasteiger charge is -2.25. The van der Waals surface area contributed by atoms with Crippen LogP contribution in [0.15, 0.2) is 53.7 Å². The molecule has 0 bridgehead atoms. The summed E-state index contributed by atoms with van der Waals surface area (Å²) in [6.45, 7) is 0.332. The highest BCUT2D eigenvalue weighted by molar-refractivity contribution is 6.03. The average molecular weight is 386 g/mol. The Morgan fingerprint density at radius 2 is 1.96 bits per heavy atom. The van der Waals surface area contributed by atoms with Gasteiger partial charge in [-0.3, -0.25) is 4.79 Å². The van der Waals surface area contributed by atoms with Crippen LogP contribution in [-0.4, -0.2) is 50.0 Å². The largest absolute Gasteiger partial charge is 0.496 e. The van der Waals surface area contributed by atoms with E-state index >= 15 is 0 Å². The Hall–Kier alpha value is -2.93. The minimum Gasteiger partial charge on any atom is -0.496 e. The molecule has 0 aliphatic carbocycles. The van der Waals surface area contributed by atoms with Crippen molar-refractivity contribution in [2.75, 3.05) is 27.4 Å². The highest BCUT2D eigenvalue weighted by atomic mass is 19.1. The van der Waals surface area contributed by atoms with Crippen LogP contribution in [-0.2, 0) is 20.9 Å². The molecule has 7 heteroatoms. The van der Waals surface area contributed by atoms with Crippen molar-refractivity contribution >= 4 is 11.6 Å². The monoisotopic (exact) mass is 386 g/mol. The molecule has 3 rings (SSSR count). The van der Waals surface area contributed by atoms with Crippen LogP contribution in [0, 0.1) is 5.82 Å². The Morgan fingerprint density at radius 3 is 2.71 bits per heavy atom. The Balaban J connectivity index is 1.70. The van der Waals surface area contributed by atoms with E-state index in [0.29, 0.717) is 17.7 Å². The number of para-hydroxylation sites is 1. The maximum Gasteiger partial charge on any atom is 0.248 e. The third kappa shape index (κ3) is 4.67. The second-order valence-corrected chi connectivity index (χ2v) is 6.47. The van der Waals surface area contributed by atoms with E-state index in [1.165, 1.54) is 18.1 Å². The summed E-state index contributed by atoms with van der Waals surface area (Å²) in [4.78, 5) is 19.5. The molecule has 0 aromatic heterocycles. The van der Waals surface area contributed by atoms with Gasteiger partial charge in [-0.1, -0.05) is 35.5 Å². The van der Waals surface area contributed by atoms with Crippen molar-refractivity contribution in [1.29, 1.82) is 0 Å². The molecule has 0 saturated carbocycles. The van der Waals surface area contributed by atoms with Crippen LogP contribution >= 0.6 is 0 Å². The van der Waals surface area contributed by atoms with Gasteiger partial charge < -0.3 is 19.2 Å². The first kappa shape index (κ1) is 19.8. The van der Waals surface area contributed by atoms with Gasteiger partial charge in [-0.05, 0) is 18.2 Å². The molecule has 0 N–H and O–H groups in total. The van der Waals surface area contributed by atoms with Crippen LogP contribution in [0.2, 0.25) is 0 Å². The third-order valence-corrected chi connectivity index (χ3v) is 4.51. The number of nitrogens with zero attached hydrogens (tertiary/aromatic N) is 2. The van der Waals surface area contributed by atoms with Crippen molar-refractivity contribution in [3.05, 3.63) is 65.5 Å². The minimum absolute atomic E-state index is 0.0819. The molecular weight excluding hydrogens is 363 g/mol. The van der Waals surface area contributed by atoms with Crippen molar-refractivity contribution in [3.8, 4) is 5.75 Å². The number of ether oxygens (including phenoxy) is 2. The summed E-state index contributed by atoms with van der Waals surface area (Å²) >= 11 is 0. The van der Waals surface area contributed by atoms with E-state index in [9.17, 15) is 9.18 Å². The van der Waals surface area contributed by atoms with Gasteiger partial charge in [-0.15, -0.1) is 0 Å². The Morgan fingerprint density at radius 1 is 1.21 bits per heavy atom. The molecule has 148 valence electrons. The molecule has 0 spiro atoms. The highest BCUT2D eigenvalue weighted by Gasteiger charge is 2.28. The molecule has 2 aromatic carbocycles. The van der Waals surface area contributed by atoms with Crippen molar-refractivity contribution in [2.24, 2.45) is 5.16 Å². The fourth-order valence-electron chi connectivity index (χ4n) is 3.12. The maximum atomic E-state index is 14.0. The predicted octanol–water partition coefficient (Wildman–Crippen LogP) is 3.00. The number of halogens is 1. The summed E-state index contributed by atoms with van der Waals surface area (Å²) in [5, 5.41) is 4.17. The number of carbonyl (C=O) groups excluding carboxylic acids is 1. The van der Waals surface area contributed by atoms with E-state index in [0.717, 1.165) is 11.3 Å².